The van der Waals surface area contributed by atoms with E-state index in [1.54, 1.807) is 25.3 Å². The number of anilines is 1. The van der Waals surface area contributed by atoms with E-state index < -0.39 is 18.2 Å². The molecule has 3 amide bonds. The van der Waals surface area contributed by atoms with Crippen LogP contribution in [0.15, 0.2) is 30.5 Å². The van der Waals surface area contributed by atoms with Gasteiger partial charge >= 0.3 is 6.09 Å². The summed E-state index contributed by atoms with van der Waals surface area (Å²) < 4.78 is 10.3. The number of nitrogens with zero attached hydrogens (tertiary/aromatic N) is 3. The molecule has 2 aliphatic rings. The van der Waals surface area contributed by atoms with Crippen molar-refractivity contribution in [2.75, 3.05) is 39.6 Å². The van der Waals surface area contributed by atoms with Crippen molar-refractivity contribution in [3.8, 4) is 0 Å². The number of hydrogen-bond acceptors (Lipinski definition) is 7. The predicted octanol–water partition coefficient (Wildman–Crippen LogP) is 3.48. The average Bonchev–Trinajstić information content (AvgIpc) is 3.45. The summed E-state index contributed by atoms with van der Waals surface area (Å²) in [7, 11) is 3.16. The van der Waals surface area contributed by atoms with Crippen molar-refractivity contribution in [1.82, 2.24) is 20.1 Å². The first-order valence-electron chi connectivity index (χ1n) is 14.0. The van der Waals surface area contributed by atoms with Crippen LogP contribution >= 0.6 is 0 Å². The molecule has 1 aromatic carbocycles. The van der Waals surface area contributed by atoms with Crippen molar-refractivity contribution in [1.29, 1.82) is 0 Å². The molecule has 2 heterocycles. The molecular formula is C29H41N5O5. The molecule has 212 valence electrons. The molecule has 4 rings (SSSR count). The lowest BCUT2D eigenvalue weighted by atomic mass is 9.84. The highest BCUT2D eigenvalue weighted by molar-refractivity contribution is 5.93. The van der Waals surface area contributed by atoms with E-state index in [2.05, 4.69) is 10.3 Å². The smallest absolute Gasteiger partial charge is 0.410 e. The van der Waals surface area contributed by atoms with E-state index in [0.29, 0.717) is 37.7 Å². The van der Waals surface area contributed by atoms with Crippen LogP contribution in [0.3, 0.4) is 0 Å². The molecule has 0 bridgehead atoms. The first-order valence-corrected chi connectivity index (χ1v) is 14.0. The molecule has 2 unspecified atom stereocenters. The van der Waals surface area contributed by atoms with Crippen molar-refractivity contribution in [2.45, 2.75) is 70.0 Å². The van der Waals surface area contributed by atoms with Crippen LogP contribution in [0.25, 0.3) is 10.8 Å². The highest BCUT2D eigenvalue weighted by atomic mass is 16.6. The Balaban J connectivity index is 1.43. The van der Waals surface area contributed by atoms with Gasteiger partial charge in [0.1, 0.15) is 24.5 Å². The van der Waals surface area contributed by atoms with Crippen molar-refractivity contribution >= 4 is 34.5 Å². The molecule has 1 saturated carbocycles. The molecule has 2 fully saturated rings. The lowest BCUT2D eigenvalue weighted by Crippen LogP contribution is -2.54. The van der Waals surface area contributed by atoms with Gasteiger partial charge in [-0.1, -0.05) is 44.2 Å². The summed E-state index contributed by atoms with van der Waals surface area (Å²) in [5.74, 6) is 0.475. The van der Waals surface area contributed by atoms with Crippen LogP contribution < -0.4 is 11.1 Å². The number of likely N-dealkylation sites (tertiary alicyclic amines) is 1. The molecule has 1 aromatic heterocycles. The molecule has 2 atom stereocenters. The fraction of sp³-hybridized carbons (Fsp3) is 0.586. The van der Waals surface area contributed by atoms with Gasteiger partial charge in [-0.05, 0) is 48.3 Å². The second-order valence-corrected chi connectivity index (χ2v) is 10.6. The lowest BCUT2D eigenvalue weighted by Gasteiger charge is -2.35. The highest BCUT2D eigenvalue weighted by Gasteiger charge is 2.40. The Hall–Kier alpha value is -3.40. The average molecular weight is 540 g/mol. The number of nitrogens with one attached hydrogen (secondary N) is 1. The molecule has 10 nitrogen and oxygen atoms in total. The number of ether oxygens (including phenoxy) is 2. The van der Waals surface area contributed by atoms with Gasteiger partial charge in [-0.25, -0.2) is 9.78 Å². The predicted molar refractivity (Wildman–Crippen MR) is 149 cm³/mol. The first-order chi connectivity index (χ1) is 18.9. The minimum absolute atomic E-state index is 0.122. The summed E-state index contributed by atoms with van der Waals surface area (Å²) in [4.78, 5) is 47.2. The van der Waals surface area contributed by atoms with Gasteiger partial charge in [0, 0.05) is 38.8 Å². The van der Waals surface area contributed by atoms with Crippen LogP contribution in [0.5, 0.6) is 0 Å². The van der Waals surface area contributed by atoms with Gasteiger partial charge in [-0.2, -0.15) is 0 Å². The molecular weight excluding hydrogens is 498 g/mol. The summed E-state index contributed by atoms with van der Waals surface area (Å²) in [5, 5.41) is 4.84. The number of carbonyl (C=O) groups is 3. The maximum Gasteiger partial charge on any atom is 0.410 e. The quantitative estimate of drug-likeness (QED) is 0.443. The Morgan fingerprint density at radius 1 is 1.13 bits per heavy atom. The molecule has 10 heteroatoms. The Bertz CT molecular complexity index is 1150. The lowest BCUT2D eigenvalue weighted by molar-refractivity contribution is -0.142. The van der Waals surface area contributed by atoms with Crippen molar-refractivity contribution in [3.05, 3.63) is 36.0 Å². The normalized spacial score (nSPS) is 18.6. The molecule has 1 aliphatic heterocycles. The number of nitrogens with two attached hydrogens (primary N) is 1. The third-order valence-electron chi connectivity index (χ3n) is 8.00. The minimum Gasteiger partial charge on any atom is -0.447 e. The van der Waals surface area contributed by atoms with Crippen molar-refractivity contribution in [3.63, 3.8) is 0 Å². The second kappa shape index (κ2) is 13.6. The van der Waals surface area contributed by atoms with E-state index in [0.717, 1.165) is 48.4 Å². The number of aromatic nitrogens is 1. The van der Waals surface area contributed by atoms with Crippen LogP contribution in [-0.2, 0) is 25.6 Å². The molecule has 2 aromatic rings. The Morgan fingerprint density at radius 2 is 1.92 bits per heavy atom. The highest BCUT2D eigenvalue weighted by Crippen LogP contribution is 2.30. The summed E-state index contributed by atoms with van der Waals surface area (Å²) in [6.07, 6.45) is 8.61. The van der Waals surface area contributed by atoms with E-state index in [1.807, 2.05) is 24.3 Å². The van der Waals surface area contributed by atoms with E-state index in [-0.39, 0.29) is 25.0 Å². The SMILES string of the molecule is COCCOC(=O)N(C)C(CC1CCCCC1)C(=O)N1CCCC1C(=O)NCc1ccc2c(N)nccc2c1. The maximum atomic E-state index is 13.9. The number of fused-ring (bicyclic) bond motifs is 1. The molecule has 1 saturated heterocycles. The number of rotatable bonds is 10. The van der Waals surface area contributed by atoms with Crippen molar-refractivity contribution in [2.24, 2.45) is 5.92 Å². The van der Waals surface area contributed by atoms with Gasteiger partial charge in [-0.3, -0.25) is 14.5 Å². The number of hydrogen-bond donors (Lipinski definition) is 2. The Labute approximate surface area is 230 Å². The van der Waals surface area contributed by atoms with E-state index >= 15 is 0 Å². The molecule has 1 aliphatic carbocycles. The number of pyridine rings is 1. The topological polar surface area (TPSA) is 127 Å². The van der Waals surface area contributed by atoms with Crippen LogP contribution in [0.2, 0.25) is 0 Å². The van der Waals surface area contributed by atoms with E-state index in [9.17, 15) is 14.4 Å². The molecule has 0 radical (unpaired) electrons. The van der Waals surface area contributed by atoms with Gasteiger partial charge in [-0.15, -0.1) is 0 Å². The van der Waals surface area contributed by atoms with Crippen molar-refractivity contribution < 1.29 is 23.9 Å². The number of likely N-dealkylation sites (N-methyl/N-ethyl adjacent to an activating group) is 1. The summed E-state index contributed by atoms with van der Waals surface area (Å²) in [6.45, 7) is 1.24. The standard InChI is InChI=1S/C29H41N5O5/c1-33(29(37)39-16-15-38-2)25(18-20-7-4-3-5-8-20)28(36)34-14-6-9-24(34)27(35)32-19-21-10-11-23-22(17-21)12-13-31-26(23)30/h10-13,17,20,24-25H,3-9,14-16,18-19H2,1-2H3,(H2,30,31)(H,32,35). The monoisotopic (exact) mass is 539 g/mol. The van der Waals surface area contributed by atoms with E-state index in [1.165, 1.54) is 11.3 Å². The van der Waals surface area contributed by atoms with Gasteiger partial charge < -0.3 is 25.4 Å². The minimum atomic E-state index is -0.670. The van der Waals surface area contributed by atoms with E-state index in [4.69, 9.17) is 15.2 Å². The third-order valence-corrected chi connectivity index (χ3v) is 8.00. The number of benzene rings is 1. The van der Waals surface area contributed by atoms with Crippen LogP contribution in [0, 0.1) is 5.92 Å². The zero-order chi connectivity index (χ0) is 27.8. The molecule has 3 N–H and O–H groups in total. The van der Waals surface area contributed by atoms with Gasteiger partial charge in [0.2, 0.25) is 11.8 Å². The zero-order valence-corrected chi connectivity index (χ0v) is 23.1. The third kappa shape index (κ3) is 7.17. The summed E-state index contributed by atoms with van der Waals surface area (Å²) in [6, 6.07) is 6.46. The fourth-order valence-electron chi connectivity index (χ4n) is 5.77. The largest absolute Gasteiger partial charge is 0.447 e. The Morgan fingerprint density at radius 3 is 2.69 bits per heavy atom. The Kier molecular flexibility index (Phi) is 9.97. The number of nitrogen functional groups attached to an aromatic ring is 1. The summed E-state index contributed by atoms with van der Waals surface area (Å²) >= 11 is 0. The first kappa shape index (κ1) is 28.6. The number of amides is 3. The summed E-state index contributed by atoms with van der Waals surface area (Å²) in [5.41, 5.74) is 6.89. The van der Waals surface area contributed by atoms with Gasteiger partial charge in [0.15, 0.2) is 0 Å². The van der Waals surface area contributed by atoms with Crippen LogP contribution in [-0.4, -0.2) is 78.7 Å². The van der Waals surface area contributed by atoms with Crippen LogP contribution in [0.4, 0.5) is 10.6 Å². The van der Waals surface area contributed by atoms with Crippen LogP contribution in [0.1, 0.15) is 56.9 Å². The maximum absolute atomic E-state index is 13.9. The van der Waals surface area contributed by atoms with Gasteiger partial charge in [0.25, 0.3) is 0 Å². The zero-order valence-electron chi connectivity index (χ0n) is 23.1. The molecule has 0 spiro atoms. The number of carbonyl (C=O) groups excluding carboxylic acids is 3. The second-order valence-electron chi connectivity index (χ2n) is 10.6. The molecule has 39 heavy (non-hydrogen) atoms. The number of methoxy groups -OCH3 is 1. The fourth-order valence-corrected chi connectivity index (χ4v) is 5.77. The van der Waals surface area contributed by atoms with Gasteiger partial charge in [0.05, 0.1) is 6.61 Å².